The molecule has 1 aliphatic heterocycles. The Morgan fingerprint density at radius 3 is 2.42 bits per heavy atom. The van der Waals surface area contributed by atoms with Crippen molar-refractivity contribution in [1.29, 1.82) is 0 Å². The Kier molecular flexibility index (Phi) is 5.00. The van der Waals surface area contributed by atoms with Crippen molar-refractivity contribution in [3.05, 3.63) is 44.5 Å². The highest BCUT2D eigenvalue weighted by atomic mass is 127. The lowest BCUT2D eigenvalue weighted by atomic mass is 10.1. The summed E-state index contributed by atoms with van der Waals surface area (Å²) < 4.78 is 40.3. The standard InChI is InChI=1S/C15H13F3IN3OS/c16-15(17,18)11-4-2-1-3-10(11)13(23)21-5-7-22(8-6-21)14-20-9-12(19)24-14/h1-4,9H,5-8H2. The summed E-state index contributed by atoms with van der Waals surface area (Å²) in [6.45, 7) is 1.87. The van der Waals surface area contributed by atoms with Gasteiger partial charge in [-0.3, -0.25) is 4.79 Å². The number of halogens is 4. The van der Waals surface area contributed by atoms with Crippen LogP contribution in [0, 0.1) is 2.88 Å². The van der Waals surface area contributed by atoms with E-state index in [0.29, 0.717) is 26.2 Å². The number of benzene rings is 1. The summed E-state index contributed by atoms with van der Waals surface area (Å²) in [5.74, 6) is -0.573. The Morgan fingerprint density at radius 2 is 1.83 bits per heavy atom. The van der Waals surface area contributed by atoms with E-state index in [-0.39, 0.29) is 5.56 Å². The average molecular weight is 467 g/mol. The second-order valence-corrected chi connectivity index (χ2v) is 8.17. The Hall–Kier alpha value is -1.36. The van der Waals surface area contributed by atoms with Gasteiger partial charge in [-0.25, -0.2) is 4.98 Å². The van der Waals surface area contributed by atoms with Crippen molar-refractivity contribution in [3.63, 3.8) is 0 Å². The molecule has 0 bridgehead atoms. The second kappa shape index (κ2) is 6.87. The van der Waals surface area contributed by atoms with Gasteiger partial charge in [0, 0.05) is 26.2 Å². The molecule has 0 radical (unpaired) electrons. The largest absolute Gasteiger partial charge is 0.417 e. The van der Waals surface area contributed by atoms with Crippen LogP contribution in [0.1, 0.15) is 15.9 Å². The number of carbonyl (C=O) groups is 1. The molecule has 1 aromatic carbocycles. The summed E-state index contributed by atoms with van der Waals surface area (Å²) in [7, 11) is 0. The van der Waals surface area contributed by atoms with Crippen molar-refractivity contribution in [2.45, 2.75) is 6.18 Å². The molecule has 2 heterocycles. The number of amides is 1. The zero-order valence-corrected chi connectivity index (χ0v) is 15.4. The zero-order chi connectivity index (χ0) is 17.3. The van der Waals surface area contributed by atoms with E-state index in [1.165, 1.54) is 23.1 Å². The molecule has 1 amide bonds. The quantitative estimate of drug-likeness (QED) is 0.632. The molecule has 4 nitrogen and oxygen atoms in total. The summed E-state index contributed by atoms with van der Waals surface area (Å²) >= 11 is 3.74. The third-order valence-electron chi connectivity index (χ3n) is 3.77. The third-order valence-corrected chi connectivity index (χ3v) is 5.55. The summed E-state index contributed by atoms with van der Waals surface area (Å²) in [6, 6.07) is 4.93. The fourth-order valence-corrected chi connectivity index (χ4v) is 4.01. The molecule has 2 aromatic rings. The van der Waals surface area contributed by atoms with Crippen LogP contribution in [0.2, 0.25) is 0 Å². The Bertz CT molecular complexity index is 742. The van der Waals surface area contributed by atoms with Crippen LogP contribution in [0.15, 0.2) is 30.5 Å². The maximum absolute atomic E-state index is 13.1. The number of nitrogens with zero attached hydrogens (tertiary/aromatic N) is 3. The summed E-state index contributed by atoms with van der Waals surface area (Å²) in [5, 5.41) is 0.877. The molecule has 24 heavy (non-hydrogen) atoms. The van der Waals surface area contributed by atoms with Gasteiger partial charge in [0.1, 0.15) is 0 Å². The maximum Gasteiger partial charge on any atom is 0.417 e. The van der Waals surface area contributed by atoms with Crippen molar-refractivity contribution in [2.24, 2.45) is 0 Å². The number of piperazine rings is 1. The van der Waals surface area contributed by atoms with E-state index >= 15 is 0 Å². The van der Waals surface area contributed by atoms with Gasteiger partial charge < -0.3 is 9.80 Å². The SMILES string of the molecule is O=C(c1ccccc1C(F)(F)F)N1CCN(c2ncc(I)s2)CC1. The van der Waals surface area contributed by atoms with E-state index in [0.717, 1.165) is 14.1 Å². The normalized spacial score (nSPS) is 15.7. The van der Waals surface area contributed by atoms with Gasteiger partial charge >= 0.3 is 6.18 Å². The number of carbonyl (C=O) groups excluding carboxylic acids is 1. The fourth-order valence-electron chi connectivity index (χ4n) is 2.58. The first-order chi connectivity index (χ1) is 11.4. The molecule has 0 unspecified atom stereocenters. The Morgan fingerprint density at radius 1 is 1.17 bits per heavy atom. The van der Waals surface area contributed by atoms with Gasteiger partial charge in [-0.1, -0.05) is 23.5 Å². The minimum Gasteiger partial charge on any atom is -0.345 e. The molecule has 9 heteroatoms. The summed E-state index contributed by atoms with van der Waals surface area (Å²) in [5.41, 5.74) is -1.17. The molecule has 0 N–H and O–H groups in total. The molecule has 1 aliphatic rings. The summed E-state index contributed by atoms with van der Waals surface area (Å²) in [4.78, 5) is 20.3. The lowest BCUT2D eigenvalue weighted by Crippen LogP contribution is -2.49. The van der Waals surface area contributed by atoms with Gasteiger partial charge in [-0.05, 0) is 34.7 Å². The zero-order valence-electron chi connectivity index (χ0n) is 12.4. The smallest absolute Gasteiger partial charge is 0.345 e. The Labute approximate surface area is 154 Å². The minimum atomic E-state index is -4.54. The topological polar surface area (TPSA) is 36.4 Å². The number of hydrogen-bond donors (Lipinski definition) is 0. The second-order valence-electron chi connectivity index (χ2n) is 5.27. The molecule has 1 aromatic heterocycles. The molecule has 128 valence electrons. The van der Waals surface area contributed by atoms with E-state index in [1.807, 2.05) is 4.90 Å². The number of thiazole rings is 1. The molecule has 0 saturated carbocycles. The Balaban J connectivity index is 1.72. The van der Waals surface area contributed by atoms with Crippen molar-refractivity contribution in [2.75, 3.05) is 31.1 Å². The first-order valence-corrected chi connectivity index (χ1v) is 9.07. The van der Waals surface area contributed by atoms with Gasteiger partial charge in [0.2, 0.25) is 0 Å². The predicted molar refractivity (Wildman–Crippen MR) is 94.4 cm³/mol. The van der Waals surface area contributed by atoms with Gasteiger partial charge in [0.25, 0.3) is 5.91 Å². The molecular weight excluding hydrogens is 454 g/mol. The molecule has 3 rings (SSSR count). The third kappa shape index (κ3) is 3.66. The van der Waals surface area contributed by atoms with Crippen LogP contribution in [-0.4, -0.2) is 42.0 Å². The van der Waals surface area contributed by atoms with Crippen LogP contribution >= 0.6 is 33.9 Å². The molecule has 0 aliphatic carbocycles. The van der Waals surface area contributed by atoms with E-state index in [9.17, 15) is 18.0 Å². The van der Waals surface area contributed by atoms with Gasteiger partial charge in [-0.2, -0.15) is 13.2 Å². The predicted octanol–water partition coefficient (Wildman–Crippen LogP) is 3.73. The number of aromatic nitrogens is 1. The lowest BCUT2D eigenvalue weighted by molar-refractivity contribution is -0.138. The van der Waals surface area contributed by atoms with E-state index < -0.39 is 17.6 Å². The minimum absolute atomic E-state index is 0.290. The average Bonchev–Trinajstić information content (AvgIpc) is 3.00. The van der Waals surface area contributed by atoms with Gasteiger partial charge in [0.05, 0.1) is 20.2 Å². The monoisotopic (exact) mass is 467 g/mol. The van der Waals surface area contributed by atoms with Crippen molar-refractivity contribution >= 4 is 45.0 Å². The highest BCUT2D eigenvalue weighted by Gasteiger charge is 2.36. The fraction of sp³-hybridized carbons (Fsp3) is 0.333. The van der Waals surface area contributed by atoms with Crippen LogP contribution in [-0.2, 0) is 6.18 Å². The van der Waals surface area contributed by atoms with Crippen molar-refractivity contribution in [3.8, 4) is 0 Å². The van der Waals surface area contributed by atoms with E-state index in [2.05, 4.69) is 27.6 Å². The number of rotatable bonds is 2. The van der Waals surface area contributed by atoms with Crippen LogP contribution < -0.4 is 4.90 Å². The summed E-state index contributed by atoms with van der Waals surface area (Å²) in [6.07, 6.45) is -2.76. The van der Waals surface area contributed by atoms with E-state index in [1.54, 1.807) is 17.5 Å². The highest BCUT2D eigenvalue weighted by Crippen LogP contribution is 2.32. The van der Waals surface area contributed by atoms with E-state index in [4.69, 9.17) is 0 Å². The van der Waals surface area contributed by atoms with Crippen LogP contribution in [0.4, 0.5) is 18.3 Å². The van der Waals surface area contributed by atoms with Gasteiger partial charge in [-0.15, -0.1) is 0 Å². The van der Waals surface area contributed by atoms with Crippen molar-refractivity contribution in [1.82, 2.24) is 9.88 Å². The lowest BCUT2D eigenvalue weighted by Gasteiger charge is -2.35. The molecule has 0 atom stereocenters. The van der Waals surface area contributed by atoms with Crippen LogP contribution in [0.25, 0.3) is 0 Å². The molecular formula is C15H13F3IN3OS. The number of alkyl halides is 3. The number of hydrogen-bond acceptors (Lipinski definition) is 4. The van der Waals surface area contributed by atoms with Crippen molar-refractivity contribution < 1.29 is 18.0 Å². The van der Waals surface area contributed by atoms with Crippen LogP contribution in [0.3, 0.4) is 0 Å². The maximum atomic E-state index is 13.1. The number of anilines is 1. The van der Waals surface area contributed by atoms with Crippen LogP contribution in [0.5, 0.6) is 0 Å². The first kappa shape index (κ1) is 17.5. The molecule has 1 saturated heterocycles. The molecule has 1 fully saturated rings. The molecule has 0 spiro atoms. The first-order valence-electron chi connectivity index (χ1n) is 7.18. The highest BCUT2D eigenvalue weighted by molar-refractivity contribution is 14.1. The van der Waals surface area contributed by atoms with Gasteiger partial charge in [0.15, 0.2) is 5.13 Å².